The quantitative estimate of drug-likeness (QED) is 0.609. The van der Waals surface area contributed by atoms with E-state index in [0.717, 1.165) is 5.56 Å². The Morgan fingerprint density at radius 3 is 2.37 bits per heavy atom. The van der Waals surface area contributed by atoms with Gasteiger partial charge in [0.1, 0.15) is 5.75 Å². The molecule has 156 valence electrons. The maximum atomic E-state index is 12.6. The first kappa shape index (κ1) is 21.1. The summed E-state index contributed by atoms with van der Waals surface area (Å²) >= 11 is 0. The first-order valence-electron chi connectivity index (χ1n) is 9.68. The largest absolute Gasteiger partial charge is 0.494 e. The van der Waals surface area contributed by atoms with E-state index >= 15 is 0 Å². The lowest BCUT2D eigenvalue weighted by Crippen LogP contribution is -2.34. The Bertz CT molecular complexity index is 955. The number of methoxy groups -OCH3 is 1. The first-order chi connectivity index (χ1) is 14.5. The molecule has 2 atom stereocenters. The molecular formula is C23H24N2O5. The number of allylic oxidation sites excluding steroid dienone is 2. The van der Waals surface area contributed by atoms with Gasteiger partial charge in [-0.2, -0.15) is 0 Å². The fourth-order valence-corrected chi connectivity index (χ4v) is 3.46. The predicted molar refractivity (Wildman–Crippen MR) is 113 cm³/mol. The van der Waals surface area contributed by atoms with Crippen molar-refractivity contribution in [1.82, 2.24) is 0 Å². The molecule has 1 aliphatic rings. The van der Waals surface area contributed by atoms with Crippen molar-refractivity contribution in [3.05, 3.63) is 66.2 Å². The van der Waals surface area contributed by atoms with E-state index in [0.29, 0.717) is 30.0 Å². The van der Waals surface area contributed by atoms with Crippen molar-refractivity contribution in [2.45, 2.75) is 19.3 Å². The Morgan fingerprint density at radius 1 is 1.00 bits per heavy atom. The average molecular weight is 408 g/mol. The van der Waals surface area contributed by atoms with Crippen LogP contribution in [0, 0.1) is 11.8 Å². The highest BCUT2D eigenvalue weighted by Crippen LogP contribution is 2.31. The second-order valence-electron chi connectivity index (χ2n) is 7.11. The molecule has 7 heteroatoms. The molecule has 0 aliphatic heterocycles. The summed E-state index contributed by atoms with van der Waals surface area (Å²) in [6, 6.07) is 14.3. The van der Waals surface area contributed by atoms with E-state index < -0.39 is 17.8 Å². The standard InChI is InChI=1S/C23H24N2O5/c1-30-20-14-16(24-22(27)17-9-5-6-10-18(17)23(28)29)11-12-19(20)25-21(26)13-15-7-3-2-4-8-15/h2-8,11-12,14,17-18H,9-10,13H2,1H3,(H,24,27)(H,25,26)(H,28,29). The number of carbonyl (C=O) groups excluding carboxylic acids is 2. The molecule has 2 unspecified atom stereocenters. The Labute approximate surface area is 174 Å². The topological polar surface area (TPSA) is 105 Å². The number of ether oxygens (including phenoxy) is 1. The van der Waals surface area contributed by atoms with Gasteiger partial charge in [-0.05, 0) is 30.5 Å². The molecule has 0 aromatic heterocycles. The van der Waals surface area contributed by atoms with Gasteiger partial charge in [0.15, 0.2) is 0 Å². The molecule has 1 aliphatic carbocycles. The highest BCUT2D eigenvalue weighted by Gasteiger charge is 2.34. The minimum Gasteiger partial charge on any atom is -0.494 e. The zero-order valence-electron chi connectivity index (χ0n) is 16.6. The van der Waals surface area contributed by atoms with E-state index in [-0.39, 0.29) is 18.2 Å². The second kappa shape index (κ2) is 9.73. The smallest absolute Gasteiger partial charge is 0.307 e. The molecule has 30 heavy (non-hydrogen) atoms. The molecule has 0 saturated carbocycles. The monoisotopic (exact) mass is 408 g/mol. The van der Waals surface area contributed by atoms with Crippen molar-refractivity contribution in [1.29, 1.82) is 0 Å². The third kappa shape index (κ3) is 5.26. The van der Waals surface area contributed by atoms with Crippen LogP contribution in [0.3, 0.4) is 0 Å². The Kier molecular flexibility index (Phi) is 6.85. The van der Waals surface area contributed by atoms with Crippen LogP contribution in [0.5, 0.6) is 5.75 Å². The number of nitrogens with one attached hydrogen (secondary N) is 2. The predicted octanol–water partition coefficient (Wildman–Crippen LogP) is 3.48. The molecule has 3 rings (SSSR count). The fourth-order valence-electron chi connectivity index (χ4n) is 3.46. The van der Waals surface area contributed by atoms with Crippen LogP contribution in [-0.2, 0) is 20.8 Å². The van der Waals surface area contributed by atoms with Crippen LogP contribution in [0.15, 0.2) is 60.7 Å². The van der Waals surface area contributed by atoms with E-state index in [2.05, 4.69) is 10.6 Å². The highest BCUT2D eigenvalue weighted by molar-refractivity contribution is 5.97. The Morgan fingerprint density at radius 2 is 1.70 bits per heavy atom. The number of amides is 2. The molecule has 7 nitrogen and oxygen atoms in total. The van der Waals surface area contributed by atoms with Crippen molar-refractivity contribution < 1.29 is 24.2 Å². The fraction of sp³-hybridized carbons (Fsp3) is 0.261. The lowest BCUT2D eigenvalue weighted by atomic mass is 9.82. The van der Waals surface area contributed by atoms with Gasteiger partial charge in [-0.15, -0.1) is 0 Å². The van der Waals surface area contributed by atoms with Gasteiger partial charge in [0, 0.05) is 11.8 Å². The van der Waals surface area contributed by atoms with Crippen molar-refractivity contribution in [2.75, 3.05) is 17.7 Å². The molecule has 0 bridgehead atoms. The third-order valence-electron chi connectivity index (χ3n) is 5.04. The van der Waals surface area contributed by atoms with Crippen molar-refractivity contribution in [2.24, 2.45) is 11.8 Å². The lowest BCUT2D eigenvalue weighted by Gasteiger charge is -2.24. The van der Waals surface area contributed by atoms with Gasteiger partial charge in [0.25, 0.3) is 0 Å². The summed E-state index contributed by atoms with van der Waals surface area (Å²) in [7, 11) is 1.47. The SMILES string of the molecule is COc1cc(NC(=O)C2CC=CCC2C(=O)O)ccc1NC(=O)Cc1ccccc1. The summed E-state index contributed by atoms with van der Waals surface area (Å²) in [5.74, 6) is -2.50. The summed E-state index contributed by atoms with van der Waals surface area (Å²) in [6.07, 6.45) is 4.57. The van der Waals surface area contributed by atoms with Crippen LogP contribution in [0.1, 0.15) is 18.4 Å². The zero-order valence-corrected chi connectivity index (χ0v) is 16.6. The summed E-state index contributed by atoms with van der Waals surface area (Å²) in [5, 5.41) is 14.9. The van der Waals surface area contributed by atoms with Gasteiger partial charge in [-0.25, -0.2) is 0 Å². The minimum absolute atomic E-state index is 0.186. The van der Waals surface area contributed by atoms with Crippen molar-refractivity contribution >= 4 is 29.2 Å². The van der Waals surface area contributed by atoms with Gasteiger partial charge in [-0.3, -0.25) is 14.4 Å². The van der Waals surface area contributed by atoms with Crippen LogP contribution in [0.4, 0.5) is 11.4 Å². The van der Waals surface area contributed by atoms with Crippen LogP contribution >= 0.6 is 0 Å². The average Bonchev–Trinajstić information content (AvgIpc) is 2.75. The van der Waals surface area contributed by atoms with E-state index in [1.165, 1.54) is 7.11 Å². The number of carboxylic acids is 1. The number of hydrogen-bond donors (Lipinski definition) is 3. The number of carbonyl (C=O) groups is 3. The second-order valence-corrected chi connectivity index (χ2v) is 7.11. The maximum absolute atomic E-state index is 12.6. The molecule has 0 saturated heterocycles. The normalized spacial score (nSPS) is 17.8. The molecule has 0 fully saturated rings. The number of anilines is 2. The van der Waals surface area contributed by atoms with Gasteiger partial charge >= 0.3 is 5.97 Å². The van der Waals surface area contributed by atoms with Gasteiger partial charge in [-0.1, -0.05) is 42.5 Å². The van der Waals surface area contributed by atoms with Crippen molar-refractivity contribution in [3.63, 3.8) is 0 Å². The summed E-state index contributed by atoms with van der Waals surface area (Å²) < 4.78 is 5.35. The third-order valence-corrected chi connectivity index (χ3v) is 5.04. The molecule has 2 amide bonds. The van der Waals surface area contributed by atoms with Crippen LogP contribution in [-0.4, -0.2) is 30.0 Å². The number of carboxylic acid groups (broad SMARTS) is 1. The Balaban J connectivity index is 1.67. The maximum Gasteiger partial charge on any atom is 0.307 e. The zero-order chi connectivity index (χ0) is 21.5. The summed E-state index contributed by atoms with van der Waals surface area (Å²) in [6.45, 7) is 0. The van der Waals surface area contributed by atoms with Crippen LogP contribution in [0.2, 0.25) is 0 Å². The van der Waals surface area contributed by atoms with E-state index in [4.69, 9.17) is 4.74 Å². The molecular weight excluding hydrogens is 384 g/mol. The van der Waals surface area contributed by atoms with Crippen LogP contribution in [0.25, 0.3) is 0 Å². The first-order valence-corrected chi connectivity index (χ1v) is 9.68. The molecule has 0 radical (unpaired) electrons. The van der Waals surface area contributed by atoms with Gasteiger partial charge in [0.05, 0.1) is 31.1 Å². The molecule has 2 aromatic rings. The minimum atomic E-state index is -0.978. The Hall–Kier alpha value is -3.61. The van der Waals surface area contributed by atoms with Crippen molar-refractivity contribution in [3.8, 4) is 5.75 Å². The van der Waals surface area contributed by atoms with Crippen LogP contribution < -0.4 is 15.4 Å². The summed E-state index contributed by atoms with van der Waals surface area (Å²) in [4.78, 5) is 36.4. The lowest BCUT2D eigenvalue weighted by molar-refractivity contribution is -0.146. The summed E-state index contributed by atoms with van der Waals surface area (Å²) in [5.41, 5.74) is 1.85. The van der Waals surface area contributed by atoms with E-state index in [1.807, 2.05) is 36.4 Å². The molecule has 2 aromatic carbocycles. The molecule has 0 spiro atoms. The number of aliphatic carboxylic acids is 1. The number of hydrogen-bond acceptors (Lipinski definition) is 4. The highest BCUT2D eigenvalue weighted by atomic mass is 16.5. The van der Waals surface area contributed by atoms with E-state index in [9.17, 15) is 19.5 Å². The van der Waals surface area contributed by atoms with Gasteiger partial charge < -0.3 is 20.5 Å². The number of benzene rings is 2. The van der Waals surface area contributed by atoms with E-state index in [1.54, 1.807) is 24.3 Å². The molecule has 3 N–H and O–H groups in total. The number of rotatable bonds is 7. The molecule has 0 heterocycles. The van der Waals surface area contributed by atoms with Gasteiger partial charge in [0.2, 0.25) is 11.8 Å².